The van der Waals surface area contributed by atoms with Crippen LogP contribution in [0.25, 0.3) is 0 Å². The second-order valence-electron chi connectivity index (χ2n) is 2.01. The summed E-state index contributed by atoms with van der Waals surface area (Å²) < 4.78 is 0. The second kappa shape index (κ2) is 4.33. The van der Waals surface area contributed by atoms with Gasteiger partial charge >= 0.3 is 0 Å². The Labute approximate surface area is 81.6 Å². The summed E-state index contributed by atoms with van der Waals surface area (Å²) in [6.07, 6.45) is 4.16. The minimum atomic E-state index is 1.07. The van der Waals surface area contributed by atoms with Crippen LogP contribution in [-0.2, 0) is 0 Å². The first kappa shape index (κ1) is 9.36. The van der Waals surface area contributed by atoms with E-state index in [9.17, 15) is 0 Å². The average molecular weight is 202 g/mol. The van der Waals surface area contributed by atoms with Crippen molar-refractivity contribution in [2.75, 3.05) is 12.5 Å². The smallest absolute Gasteiger partial charge is 0.0339 e. The lowest BCUT2D eigenvalue weighted by molar-refractivity contribution is 1.13. The van der Waals surface area contributed by atoms with Crippen molar-refractivity contribution in [3.05, 3.63) is 18.2 Å². The molecular formula is C8H10S3. The van der Waals surface area contributed by atoms with E-state index < -0.39 is 0 Å². The summed E-state index contributed by atoms with van der Waals surface area (Å²) in [4.78, 5) is 3.66. The standard InChI is InChI=1S/C8H10S3/c1-10-7-5-3-4-6(9)8(7)11-2/h3-5,9H,1-2H3. The molecule has 0 aromatic heterocycles. The molecule has 0 atom stereocenters. The van der Waals surface area contributed by atoms with Gasteiger partial charge in [0, 0.05) is 14.7 Å². The van der Waals surface area contributed by atoms with E-state index in [-0.39, 0.29) is 0 Å². The van der Waals surface area contributed by atoms with Gasteiger partial charge in [-0.1, -0.05) is 6.07 Å². The molecule has 0 amide bonds. The van der Waals surface area contributed by atoms with E-state index in [4.69, 9.17) is 0 Å². The maximum absolute atomic E-state index is 4.37. The highest BCUT2D eigenvalue weighted by molar-refractivity contribution is 8.01. The van der Waals surface area contributed by atoms with Crippen LogP contribution < -0.4 is 0 Å². The van der Waals surface area contributed by atoms with Gasteiger partial charge in [0.25, 0.3) is 0 Å². The van der Waals surface area contributed by atoms with E-state index >= 15 is 0 Å². The number of thioether (sulfide) groups is 2. The predicted octanol–water partition coefficient (Wildman–Crippen LogP) is 3.42. The van der Waals surface area contributed by atoms with Gasteiger partial charge in [-0.2, -0.15) is 0 Å². The Bertz CT molecular complexity index is 245. The molecule has 0 spiro atoms. The molecule has 0 radical (unpaired) electrons. The van der Waals surface area contributed by atoms with E-state index in [1.165, 1.54) is 9.79 Å². The fraction of sp³-hybridized carbons (Fsp3) is 0.250. The lowest BCUT2D eigenvalue weighted by Crippen LogP contribution is -1.78. The van der Waals surface area contributed by atoms with Crippen LogP contribution in [0.2, 0.25) is 0 Å². The zero-order chi connectivity index (χ0) is 8.27. The van der Waals surface area contributed by atoms with E-state index in [0.29, 0.717) is 0 Å². The van der Waals surface area contributed by atoms with Crippen LogP contribution in [0, 0.1) is 0 Å². The predicted molar refractivity (Wildman–Crippen MR) is 57.3 cm³/mol. The quantitative estimate of drug-likeness (QED) is 0.576. The largest absolute Gasteiger partial charge is 0.142 e. The molecule has 0 aliphatic rings. The summed E-state index contributed by atoms with van der Waals surface area (Å²) in [5.74, 6) is 0. The summed E-state index contributed by atoms with van der Waals surface area (Å²) >= 11 is 7.88. The topological polar surface area (TPSA) is 0 Å². The van der Waals surface area contributed by atoms with E-state index in [0.717, 1.165) is 4.90 Å². The number of hydrogen-bond donors (Lipinski definition) is 1. The van der Waals surface area contributed by atoms with Crippen LogP contribution in [0.15, 0.2) is 32.9 Å². The van der Waals surface area contributed by atoms with E-state index in [1.54, 1.807) is 23.5 Å². The van der Waals surface area contributed by atoms with Gasteiger partial charge < -0.3 is 0 Å². The van der Waals surface area contributed by atoms with Crippen LogP contribution in [0.1, 0.15) is 0 Å². The lowest BCUT2D eigenvalue weighted by atomic mass is 10.4. The van der Waals surface area contributed by atoms with E-state index in [2.05, 4.69) is 31.2 Å². The third-order valence-corrected chi connectivity index (χ3v) is 3.66. The Morgan fingerprint density at radius 2 is 1.91 bits per heavy atom. The van der Waals surface area contributed by atoms with Gasteiger partial charge in [-0.05, 0) is 24.6 Å². The Morgan fingerprint density at radius 3 is 2.36 bits per heavy atom. The van der Waals surface area contributed by atoms with Gasteiger partial charge in [0.05, 0.1) is 0 Å². The molecule has 0 fully saturated rings. The molecular weight excluding hydrogens is 192 g/mol. The molecule has 0 bridgehead atoms. The van der Waals surface area contributed by atoms with E-state index in [1.807, 2.05) is 12.1 Å². The van der Waals surface area contributed by atoms with Crippen molar-refractivity contribution in [2.24, 2.45) is 0 Å². The first-order valence-electron chi connectivity index (χ1n) is 3.19. The molecule has 0 heterocycles. The number of benzene rings is 1. The summed E-state index contributed by atoms with van der Waals surface area (Å²) in [5, 5.41) is 0. The summed E-state index contributed by atoms with van der Waals surface area (Å²) in [6, 6.07) is 6.18. The molecule has 1 aromatic carbocycles. The monoisotopic (exact) mass is 202 g/mol. The normalized spacial score (nSPS) is 10.1. The number of rotatable bonds is 2. The summed E-state index contributed by atoms with van der Waals surface area (Å²) in [7, 11) is 0. The molecule has 0 aliphatic heterocycles. The van der Waals surface area contributed by atoms with Gasteiger partial charge in [-0.25, -0.2) is 0 Å². The average Bonchev–Trinajstić information content (AvgIpc) is 2.04. The van der Waals surface area contributed by atoms with Crippen molar-refractivity contribution in [3.8, 4) is 0 Å². The van der Waals surface area contributed by atoms with Crippen LogP contribution in [0.3, 0.4) is 0 Å². The molecule has 0 nitrogen and oxygen atoms in total. The first-order chi connectivity index (χ1) is 5.29. The Hall–Kier alpha value is 0.270. The van der Waals surface area contributed by atoms with Crippen molar-refractivity contribution in [3.63, 3.8) is 0 Å². The number of thiol groups is 1. The zero-order valence-electron chi connectivity index (χ0n) is 6.50. The van der Waals surface area contributed by atoms with Gasteiger partial charge in [-0.3, -0.25) is 0 Å². The molecule has 0 saturated heterocycles. The van der Waals surface area contributed by atoms with Gasteiger partial charge in [0.2, 0.25) is 0 Å². The minimum absolute atomic E-state index is 1.07. The highest BCUT2D eigenvalue weighted by Crippen LogP contribution is 2.32. The summed E-state index contributed by atoms with van der Waals surface area (Å²) in [6.45, 7) is 0. The third-order valence-electron chi connectivity index (χ3n) is 1.38. The van der Waals surface area contributed by atoms with Crippen LogP contribution in [0.5, 0.6) is 0 Å². The third kappa shape index (κ3) is 2.10. The fourth-order valence-electron chi connectivity index (χ4n) is 0.870. The first-order valence-corrected chi connectivity index (χ1v) is 6.09. The minimum Gasteiger partial charge on any atom is -0.142 e. The maximum atomic E-state index is 4.37. The van der Waals surface area contributed by atoms with Crippen LogP contribution >= 0.6 is 36.2 Å². The van der Waals surface area contributed by atoms with Gasteiger partial charge in [0.1, 0.15) is 0 Å². The maximum Gasteiger partial charge on any atom is 0.0339 e. The molecule has 1 rings (SSSR count). The van der Waals surface area contributed by atoms with Crippen molar-refractivity contribution >= 4 is 36.2 Å². The molecule has 0 saturated carbocycles. The molecule has 11 heavy (non-hydrogen) atoms. The Kier molecular flexibility index (Phi) is 3.69. The Morgan fingerprint density at radius 1 is 1.18 bits per heavy atom. The summed E-state index contributed by atoms with van der Waals surface area (Å²) in [5.41, 5.74) is 0. The Balaban J connectivity index is 3.13. The molecule has 60 valence electrons. The van der Waals surface area contributed by atoms with Crippen molar-refractivity contribution in [1.29, 1.82) is 0 Å². The van der Waals surface area contributed by atoms with Gasteiger partial charge in [-0.15, -0.1) is 36.2 Å². The second-order valence-corrected chi connectivity index (χ2v) is 4.16. The number of hydrogen-bond acceptors (Lipinski definition) is 3. The van der Waals surface area contributed by atoms with Crippen molar-refractivity contribution in [2.45, 2.75) is 14.7 Å². The molecule has 0 aliphatic carbocycles. The highest BCUT2D eigenvalue weighted by atomic mass is 32.2. The fourth-order valence-corrected chi connectivity index (χ4v) is 2.98. The van der Waals surface area contributed by atoms with Crippen LogP contribution in [-0.4, -0.2) is 12.5 Å². The molecule has 0 N–H and O–H groups in total. The highest BCUT2D eigenvalue weighted by Gasteiger charge is 2.02. The molecule has 0 unspecified atom stereocenters. The SMILES string of the molecule is CSc1cccc(S)c1SC. The molecule has 3 heteroatoms. The zero-order valence-corrected chi connectivity index (χ0v) is 9.02. The van der Waals surface area contributed by atoms with Gasteiger partial charge in [0.15, 0.2) is 0 Å². The van der Waals surface area contributed by atoms with Crippen LogP contribution in [0.4, 0.5) is 0 Å². The lowest BCUT2D eigenvalue weighted by Gasteiger charge is -2.05. The van der Waals surface area contributed by atoms with Crippen molar-refractivity contribution in [1.82, 2.24) is 0 Å². The van der Waals surface area contributed by atoms with Crippen molar-refractivity contribution < 1.29 is 0 Å². The molecule has 1 aromatic rings.